The smallest absolute Gasteiger partial charge is 0.123 e. The summed E-state index contributed by atoms with van der Waals surface area (Å²) in [6.07, 6.45) is 0. The molecular formula is C28H28N6. The first-order valence-corrected chi connectivity index (χ1v) is 11.4. The highest BCUT2D eigenvalue weighted by atomic mass is 15.5. The van der Waals surface area contributed by atoms with Crippen molar-refractivity contribution >= 4 is 39.5 Å². The number of aromatic nitrogens is 3. The van der Waals surface area contributed by atoms with Crippen LogP contribution in [0.2, 0.25) is 0 Å². The maximum absolute atomic E-state index is 6.46. The second-order valence-corrected chi connectivity index (χ2v) is 8.82. The molecule has 0 atom stereocenters. The summed E-state index contributed by atoms with van der Waals surface area (Å²) in [5.74, 6) is 0.432. The van der Waals surface area contributed by atoms with Crippen LogP contribution in [0.4, 0.5) is 28.4 Å². The molecule has 6 heteroatoms. The molecule has 4 aromatic carbocycles. The lowest BCUT2D eigenvalue weighted by atomic mass is 10.00. The summed E-state index contributed by atoms with van der Waals surface area (Å²) in [6.45, 7) is 5.01. The third-order valence-electron chi connectivity index (χ3n) is 5.76. The Hall–Kier alpha value is -4.32. The molecule has 4 N–H and O–H groups in total. The van der Waals surface area contributed by atoms with Crippen LogP contribution in [0, 0.1) is 5.92 Å². The Morgan fingerprint density at radius 1 is 0.765 bits per heavy atom. The number of hydrogen-bond donors (Lipinski definition) is 2. The van der Waals surface area contributed by atoms with Crippen LogP contribution in [-0.2, 0) is 6.54 Å². The van der Waals surface area contributed by atoms with Crippen molar-refractivity contribution in [3.8, 4) is 11.1 Å². The average molecular weight is 449 g/mol. The topological polar surface area (TPSA) is 86.0 Å². The van der Waals surface area contributed by atoms with Crippen LogP contribution in [0.5, 0.6) is 0 Å². The number of anilines is 5. The van der Waals surface area contributed by atoms with Crippen LogP contribution in [0.1, 0.15) is 13.8 Å². The van der Waals surface area contributed by atoms with E-state index in [1.165, 1.54) is 0 Å². The van der Waals surface area contributed by atoms with Gasteiger partial charge < -0.3 is 16.4 Å². The normalized spacial score (nSPS) is 11.3. The average Bonchev–Trinajstić information content (AvgIpc) is 3.23. The van der Waals surface area contributed by atoms with Crippen molar-refractivity contribution in [2.45, 2.75) is 20.4 Å². The predicted molar refractivity (Wildman–Crippen MR) is 141 cm³/mol. The van der Waals surface area contributed by atoms with Crippen molar-refractivity contribution in [1.29, 1.82) is 0 Å². The van der Waals surface area contributed by atoms with Gasteiger partial charge in [-0.1, -0.05) is 62.4 Å². The van der Waals surface area contributed by atoms with Crippen molar-refractivity contribution in [2.75, 3.05) is 16.4 Å². The predicted octanol–water partition coefficient (Wildman–Crippen LogP) is 6.39. The molecule has 0 saturated carbocycles. The number of nitrogens with zero attached hydrogens (tertiary/aromatic N) is 4. The van der Waals surface area contributed by atoms with Gasteiger partial charge in [-0.25, -0.2) is 0 Å². The van der Waals surface area contributed by atoms with Gasteiger partial charge in [0.25, 0.3) is 0 Å². The molecule has 170 valence electrons. The van der Waals surface area contributed by atoms with Crippen LogP contribution in [0.3, 0.4) is 0 Å². The molecule has 0 aliphatic carbocycles. The SMILES string of the molecule is CC(C)Cn1nc2cc(N)c(N)c(-c3ccc(N(c4ccccc4)c4ccccc4)cc3)c2n1. The molecular weight excluding hydrogens is 420 g/mol. The number of nitrogen functional groups attached to an aromatic ring is 2. The van der Waals surface area contributed by atoms with Crippen molar-refractivity contribution in [1.82, 2.24) is 15.0 Å². The van der Waals surface area contributed by atoms with Crippen molar-refractivity contribution in [3.05, 3.63) is 91.0 Å². The van der Waals surface area contributed by atoms with Crippen LogP contribution in [-0.4, -0.2) is 15.0 Å². The van der Waals surface area contributed by atoms with E-state index in [2.05, 4.69) is 72.4 Å². The molecule has 5 aromatic rings. The van der Waals surface area contributed by atoms with Gasteiger partial charge in [0, 0.05) is 22.6 Å². The zero-order valence-electron chi connectivity index (χ0n) is 19.4. The van der Waals surface area contributed by atoms with E-state index in [9.17, 15) is 0 Å². The minimum absolute atomic E-state index is 0.432. The Morgan fingerprint density at radius 3 is 1.88 bits per heavy atom. The van der Waals surface area contributed by atoms with Gasteiger partial charge in [0.1, 0.15) is 11.0 Å². The Kier molecular flexibility index (Phi) is 5.64. The molecule has 0 radical (unpaired) electrons. The maximum atomic E-state index is 6.46. The second-order valence-electron chi connectivity index (χ2n) is 8.82. The number of nitrogens with two attached hydrogens (primary N) is 2. The van der Waals surface area contributed by atoms with Crippen LogP contribution in [0.15, 0.2) is 91.0 Å². The summed E-state index contributed by atoms with van der Waals surface area (Å²) in [5.41, 5.74) is 20.3. The lowest BCUT2D eigenvalue weighted by Gasteiger charge is -2.25. The lowest BCUT2D eigenvalue weighted by Crippen LogP contribution is -2.09. The molecule has 0 spiro atoms. The molecule has 6 nitrogen and oxygen atoms in total. The van der Waals surface area contributed by atoms with E-state index in [1.54, 1.807) is 10.9 Å². The van der Waals surface area contributed by atoms with Gasteiger partial charge in [-0.2, -0.15) is 15.0 Å². The van der Waals surface area contributed by atoms with Gasteiger partial charge in [-0.3, -0.25) is 0 Å². The first kappa shape index (κ1) is 21.5. The quantitative estimate of drug-likeness (QED) is 0.294. The summed E-state index contributed by atoms with van der Waals surface area (Å²) in [6, 6.07) is 30.8. The first-order valence-electron chi connectivity index (χ1n) is 11.4. The van der Waals surface area contributed by atoms with Gasteiger partial charge in [-0.15, -0.1) is 0 Å². The fourth-order valence-electron chi connectivity index (χ4n) is 4.21. The molecule has 0 fully saturated rings. The van der Waals surface area contributed by atoms with Gasteiger partial charge in [0.15, 0.2) is 0 Å². The first-order chi connectivity index (χ1) is 16.5. The highest BCUT2D eigenvalue weighted by molar-refractivity contribution is 6.03. The second kappa shape index (κ2) is 8.90. The van der Waals surface area contributed by atoms with E-state index >= 15 is 0 Å². The van der Waals surface area contributed by atoms with Gasteiger partial charge in [0.2, 0.25) is 0 Å². The zero-order valence-corrected chi connectivity index (χ0v) is 19.4. The molecule has 0 saturated heterocycles. The van der Waals surface area contributed by atoms with Crippen LogP contribution in [0.25, 0.3) is 22.2 Å². The minimum atomic E-state index is 0.432. The fraction of sp³-hybridized carbons (Fsp3) is 0.143. The van der Waals surface area contributed by atoms with E-state index < -0.39 is 0 Å². The fourth-order valence-corrected chi connectivity index (χ4v) is 4.21. The highest BCUT2D eigenvalue weighted by Gasteiger charge is 2.18. The highest BCUT2D eigenvalue weighted by Crippen LogP contribution is 2.39. The molecule has 1 aromatic heterocycles. The Morgan fingerprint density at radius 2 is 1.32 bits per heavy atom. The van der Waals surface area contributed by atoms with E-state index in [0.29, 0.717) is 17.3 Å². The maximum Gasteiger partial charge on any atom is 0.123 e. The van der Waals surface area contributed by atoms with Crippen molar-refractivity contribution in [3.63, 3.8) is 0 Å². The van der Waals surface area contributed by atoms with Gasteiger partial charge in [-0.05, 0) is 53.9 Å². The number of para-hydroxylation sites is 2. The molecule has 1 heterocycles. The van der Waals surface area contributed by atoms with Crippen LogP contribution < -0.4 is 16.4 Å². The Labute approximate surface area is 199 Å². The van der Waals surface area contributed by atoms with Gasteiger partial charge >= 0.3 is 0 Å². The Balaban J connectivity index is 1.60. The minimum Gasteiger partial charge on any atom is -0.397 e. The van der Waals surface area contributed by atoms with E-state index in [1.807, 2.05) is 36.4 Å². The molecule has 34 heavy (non-hydrogen) atoms. The summed E-state index contributed by atoms with van der Waals surface area (Å²) < 4.78 is 0. The lowest BCUT2D eigenvalue weighted by molar-refractivity contribution is 0.442. The van der Waals surface area contributed by atoms with Crippen LogP contribution >= 0.6 is 0 Å². The number of fused-ring (bicyclic) bond motifs is 1. The summed E-state index contributed by atoms with van der Waals surface area (Å²) in [7, 11) is 0. The third-order valence-corrected chi connectivity index (χ3v) is 5.76. The molecule has 0 unspecified atom stereocenters. The molecule has 0 aliphatic rings. The zero-order chi connectivity index (χ0) is 23.7. The number of benzene rings is 4. The summed E-state index contributed by atoms with van der Waals surface area (Å²) in [4.78, 5) is 3.96. The van der Waals surface area contributed by atoms with Gasteiger partial charge in [0.05, 0.1) is 17.9 Å². The third kappa shape index (κ3) is 4.06. The van der Waals surface area contributed by atoms with E-state index in [4.69, 9.17) is 16.6 Å². The molecule has 0 amide bonds. The Bertz CT molecular complexity index is 1370. The molecule has 0 bridgehead atoms. The number of rotatable bonds is 6. The van der Waals surface area contributed by atoms with E-state index in [0.717, 1.165) is 45.8 Å². The summed E-state index contributed by atoms with van der Waals surface area (Å²) >= 11 is 0. The molecule has 0 aliphatic heterocycles. The van der Waals surface area contributed by atoms with Crippen molar-refractivity contribution in [2.24, 2.45) is 5.92 Å². The van der Waals surface area contributed by atoms with Crippen molar-refractivity contribution < 1.29 is 0 Å². The monoisotopic (exact) mass is 448 g/mol. The molecule has 5 rings (SSSR count). The summed E-state index contributed by atoms with van der Waals surface area (Å²) in [5, 5.41) is 9.37. The number of hydrogen-bond acceptors (Lipinski definition) is 5. The largest absolute Gasteiger partial charge is 0.397 e. The standard InChI is InChI=1S/C28H28N6/c1-19(2)18-33-31-25-17-24(29)27(30)26(28(25)32-33)20-13-15-23(16-14-20)34(21-9-5-3-6-10-21)22-11-7-4-8-12-22/h3-17,19H,18,29-30H2,1-2H3. The van der Waals surface area contributed by atoms with E-state index in [-0.39, 0.29) is 0 Å².